The molecule has 1 aliphatic carbocycles. The van der Waals surface area contributed by atoms with Gasteiger partial charge in [0.1, 0.15) is 6.54 Å². The molecule has 1 unspecified atom stereocenters. The van der Waals surface area contributed by atoms with E-state index < -0.39 is 0 Å². The summed E-state index contributed by atoms with van der Waals surface area (Å²) in [5, 5.41) is 3.11. The Labute approximate surface area is 156 Å². The first kappa shape index (κ1) is 17.0. The molecule has 0 aromatic heterocycles. The zero-order valence-electron chi connectivity index (χ0n) is 14.4. The van der Waals surface area contributed by atoms with E-state index in [4.69, 9.17) is 5.73 Å². The molecule has 0 radical (unpaired) electrons. The number of nitrogen functional groups attached to an aromatic ring is 1. The molecule has 1 heterocycles. The van der Waals surface area contributed by atoms with Crippen LogP contribution in [0, 0.1) is 0 Å². The number of amides is 2. The highest BCUT2D eigenvalue weighted by Gasteiger charge is 2.28. The Hall–Kier alpha value is -2.47. The Bertz CT molecular complexity index is 868. The highest BCUT2D eigenvalue weighted by molar-refractivity contribution is 8.00. The van der Waals surface area contributed by atoms with Crippen LogP contribution in [0.25, 0.3) is 0 Å². The number of nitrogens with two attached hydrogens (primary N) is 1. The Balaban J connectivity index is 1.50. The summed E-state index contributed by atoms with van der Waals surface area (Å²) in [6.45, 7) is 0.0528. The average Bonchev–Trinajstić information content (AvgIpc) is 2.64. The number of carbonyl (C=O) groups excluding carboxylic acids is 2. The molecule has 134 valence electrons. The van der Waals surface area contributed by atoms with E-state index in [1.165, 1.54) is 17.3 Å². The van der Waals surface area contributed by atoms with Crippen molar-refractivity contribution in [3.05, 3.63) is 53.6 Å². The number of benzene rings is 2. The number of fused-ring (bicyclic) bond motifs is 2. The van der Waals surface area contributed by atoms with E-state index >= 15 is 0 Å². The third-order valence-electron chi connectivity index (χ3n) is 4.93. The summed E-state index contributed by atoms with van der Waals surface area (Å²) in [7, 11) is 0. The van der Waals surface area contributed by atoms with Crippen LogP contribution in [0.1, 0.15) is 30.0 Å². The van der Waals surface area contributed by atoms with E-state index in [-0.39, 0.29) is 24.4 Å². The minimum Gasteiger partial charge on any atom is -0.399 e. The molecule has 0 spiro atoms. The van der Waals surface area contributed by atoms with E-state index in [9.17, 15) is 9.59 Å². The van der Waals surface area contributed by atoms with Crippen molar-refractivity contribution in [2.45, 2.75) is 30.2 Å². The number of thioether (sulfide) groups is 1. The summed E-state index contributed by atoms with van der Waals surface area (Å²) in [5.41, 5.74) is 9.80. The van der Waals surface area contributed by atoms with Gasteiger partial charge >= 0.3 is 0 Å². The number of aryl methyl sites for hydroxylation is 1. The molecule has 2 aliphatic rings. The van der Waals surface area contributed by atoms with Gasteiger partial charge < -0.3 is 16.0 Å². The summed E-state index contributed by atoms with van der Waals surface area (Å²) < 4.78 is 0. The fourth-order valence-electron chi connectivity index (χ4n) is 3.70. The van der Waals surface area contributed by atoms with E-state index in [0.717, 1.165) is 41.1 Å². The van der Waals surface area contributed by atoms with Gasteiger partial charge in [-0.15, -0.1) is 11.8 Å². The van der Waals surface area contributed by atoms with Crippen molar-refractivity contribution >= 4 is 35.0 Å². The fourth-order valence-corrected chi connectivity index (χ4v) is 4.63. The molecule has 2 aromatic carbocycles. The maximum absolute atomic E-state index is 12.7. The van der Waals surface area contributed by atoms with Gasteiger partial charge in [0.15, 0.2) is 0 Å². The zero-order chi connectivity index (χ0) is 18.1. The highest BCUT2D eigenvalue weighted by Crippen LogP contribution is 2.35. The van der Waals surface area contributed by atoms with Gasteiger partial charge in [0.25, 0.3) is 0 Å². The van der Waals surface area contributed by atoms with Gasteiger partial charge in [-0.25, -0.2) is 0 Å². The van der Waals surface area contributed by atoms with Crippen molar-refractivity contribution in [3.63, 3.8) is 0 Å². The lowest BCUT2D eigenvalue weighted by molar-refractivity contribution is -0.123. The van der Waals surface area contributed by atoms with Crippen LogP contribution in [0.5, 0.6) is 0 Å². The number of hydrogen-bond acceptors (Lipinski definition) is 4. The standard InChI is InChI=1S/C20H21N3O2S/c21-14-8-9-15-13(10-14)4-3-5-16(15)22-19(24)11-23-17-6-1-2-7-18(17)26-12-20(23)25/h1-2,6-10,16H,3-5,11-12,21H2,(H,22,24). The molecule has 4 rings (SSSR count). The Kier molecular flexibility index (Phi) is 4.59. The van der Waals surface area contributed by atoms with Crippen molar-refractivity contribution in [3.8, 4) is 0 Å². The first-order valence-corrected chi connectivity index (χ1v) is 9.80. The summed E-state index contributed by atoms with van der Waals surface area (Å²) in [4.78, 5) is 27.6. The number of rotatable bonds is 3. The third-order valence-corrected chi connectivity index (χ3v) is 5.97. The average molecular weight is 367 g/mol. The molecule has 6 heteroatoms. The molecule has 2 aromatic rings. The van der Waals surface area contributed by atoms with Gasteiger partial charge in [0, 0.05) is 10.6 Å². The Morgan fingerprint density at radius 2 is 2.12 bits per heavy atom. The van der Waals surface area contributed by atoms with Gasteiger partial charge in [0.05, 0.1) is 17.5 Å². The molecule has 3 N–H and O–H groups in total. The smallest absolute Gasteiger partial charge is 0.240 e. The summed E-state index contributed by atoms with van der Waals surface area (Å²) >= 11 is 1.52. The highest BCUT2D eigenvalue weighted by atomic mass is 32.2. The summed E-state index contributed by atoms with van der Waals surface area (Å²) in [5.74, 6) is 0.214. The quantitative estimate of drug-likeness (QED) is 0.818. The molecule has 26 heavy (non-hydrogen) atoms. The van der Waals surface area contributed by atoms with E-state index in [1.807, 2.05) is 42.5 Å². The molecule has 2 amide bonds. The monoisotopic (exact) mass is 367 g/mol. The van der Waals surface area contributed by atoms with Gasteiger partial charge in [-0.2, -0.15) is 0 Å². The summed E-state index contributed by atoms with van der Waals surface area (Å²) in [6.07, 6.45) is 2.91. The van der Waals surface area contributed by atoms with Crippen LogP contribution in [-0.4, -0.2) is 24.1 Å². The molecular formula is C20H21N3O2S. The van der Waals surface area contributed by atoms with Gasteiger partial charge in [-0.05, 0) is 54.7 Å². The molecule has 1 atom stereocenters. The molecule has 1 aliphatic heterocycles. The van der Waals surface area contributed by atoms with Crippen LogP contribution < -0.4 is 16.0 Å². The zero-order valence-corrected chi connectivity index (χ0v) is 15.2. The van der Waals surface area contributed by atoms with E-state index in [0.29, 0.717) is 5.75 Å². The lowest BCUT2D eigenvalue weighted by atomic mass is 9.87. The van der Waals surface area contributed by atoms with Crippen LogP contribution in [0.15, 0.2) is 47.4 Å². The molecule has 5 nitrogen and oxygen atoms in total. The maximum atomic E-state index is 12.7. The predicted molar refractivity (Wildman–Crippen MR) is 104 cm³/mol. The number of nitrogens with one attached hydrogen (secondary N) is 1. The first-order chi connectivity index (χ1) is 12.6. The second-order valence-corrected chi connectivity index (χ2v) is 7.72. The van der Waals surface area contributed by atoms with Gasteiger partial charge in [-0.3, -0.25) is 9.59 Å². The number of anilines is 2. The van der Waals surface area contributed by atoms with Crippen LogP contribution in [0.2, 0.25) is 0 Å². The summed E-state index contributed by atoms with van der Waals surface area (Å²) in [6, 6.07) is 13.6. The third kappa shape index (κ3) is 3.29. The van der Waals surface area contributed by atoms with Crippen molar-refractivity contribution < 1.29 is 9.59 Å². The second kappa shape index (κ2) is 7.03. The van der Waals surface area contributed by atoms with Crippen molar-refractivity contribution in [2.24, 2.45) is 0 Å². The Morgan fingerprint density at radius 3 is 3.00 bits per heavy atom. The van der Waals surface area contributed by atoms with E-state index in [2.05, 4.69) is 5.32 Å². The first-order valence-electron chi connectivity index (χ1n) is 8.81. The number of hydrogen-bond donors (Lipinski definition) is 2. The molecule has 0 saturated heterocycles. The fraction of sp³-hybridized carbons (Fsp3) is 0.300. The van der Waals surface area contributed by atoms with Crippen molar-refractivity contribution in [2.75, 3.05) is 22.9 Å². The maximum Gasteiger partial charge on any atom is 0.240 e. The number of para-hydroxylation sites is 1. The van der Waals surface area contributed by atoms with E-state index in [1.54, 1.807) is 4.90 Å². The SMILES string of the molecule is Nc1ccc2c(c1)CCCC2NC(=O)CN1C(=O)CSc2ccccc21. The van der Waals surface area contributed by atoms with Crippen LogP contribution in [0.4, 0.5) is 11.4 Å². The largest absolute Gasteiger partial charge is 0.399 e. The molecule has 0 saturated carbocycles. The lowest BCUT2D eigenvalue weighted by Crippen LogP contribution is -2.44. The van der Waals surface area contributed by atoms with Crippen LogP contribution in [0.3, 0.4) is 0 Å². The molecule has 0 fully saturated rings. The topological polar surface area (TPSA) is 75.4 Å². The second-order valence-electron chi connectivity index (χ2n) is 6.71. The normalized spacial score (nSPS) is 18.8. The van der Waals surface area contributed by atoms with Crippen LogP contribution in [-0.2, 0) is 16.0 Å². The minimum absolute atomic E-state index is 0.0173. The number of nitrogens with zero attached hydrogens (tertiary/aromatic N) is 1. The van der Waals surface area contributed by atoms with Crippen molar-refractivity contribution in [1.82, 2.24) is 5.32 Å². The lowest BCUT2D eigenvalue weighted by Gasteiger charge is -2.30. The Morgan fingerprint density at radius 1 is 1.27 bits per heavy atom. The number of carbonyl (C=O) groups is 2. The predicted octanol–water partition coefficient (Wildman–Crippen LogP) is 2.90. The molecular weight excluding hydrogens is 346 g/mol. The minimum atomic E-state index is -0.130. The molecule has 0 bridgehead atoms. The van der Waals surface area contributed by atoms with Crippen molar-refractivity contribution in [1.29, 1.82) is 0 Å². The van der Waals surface area contributed by atoms with Gasteiger partial charge in [0.2, 0.25) is 11.8 Å². The van der Waals surface area contributed by atoms with Gasteiger partial charge in [-0.1, -0.05) is 18.2 Å². The van der Waals surface area contributed by atoms with Crippen LogP contribution >= 0.6 is 11.8 Å².